The van der Waals surface area contributed by atoms with Gasteiger partial charge in [0.25, 0.3) is 0 Å². The Bertz CT molecular complexity index is 259. The number of carbonyl (C=O) groups excluding carboxylic acids is 1. The summed E-state index contributed by atoms with van der Waals surface area (Å²) < 4.78 is 5.87. The molecule has 5 heteroatoms. The summed E-state index contributed by atoms with van der Waals surface area (Å²) >= 11 is 0. The zero-order chi connectivity index (χ0) is 13.6. The monoisotopic (exact) mass is 273 g/mol. The van der Waals surface area contributed by atoms with Crippen molar-refractivity contribution >= 4 is 14.3 Å². The van der Waals surface area contributed by atoms with Crippen LogP contribution < -0.4 is 5.90 Å². The van der Waals surface area contributed by atoms with Crippen molar-refractivity contribution in [2.75, 3.05) is 0 Å². The summed E-state index contributed by atoms with van der Waals surface area (Å²) in [6.07, 6.45) is 7.90. The molecule has 1 aliphatic rings. The smallest absolute Gasteiger partial charge is 0.352 e. The van der Waals surface area contributed by atoms with Crippen molar-refractivity contribution in [1.29, 1.82) is 0 Å². The maximum atomic E-state index is 11.6. The fourth-order valence-electron chi connectivity index (χ4n) is 2.59. The van der Waals surface area contributed by atoms with Gasteiger partial charge < -0.3 is 9.26 Å². The van der Waals surface area contributed by atoms with Gasteiger partial charge in [0.2, 0.25) is 0 Å². The fraction of sp³-hybridized carbons (Fsp3) is 0.923. The highest BCUT2D eigenvalue weighted by molar-refractivity contribution is 6.69. The molecule has 18 heavy (non-hydrogen) atoms. The number of hydrogen-bond donors (Lipinski definition) is 1. The SMILES string of the molecule is C[Si](C)(C)O[C@@H](CCC1CCCCC1)C(=O)ON. The van der Waals surface area contributed by atoms with E-state index in [1.807, 2.05) is 0 Å². The van der Waals surface area contributed by atoms with Gasteiger partial charge in [-0.25, -0.2) is 4.79 Å². The molecule has 2 N–H and O–H groups in total. The van der Waals surface area contributed by atoms with Gasteiger partial charge in [0.05, 0.1) is 0 Å². The standard InChI is InChI=1S/C13H27NO3Si/c1-18(2,3)17-12(13(15)16-14)10-9-11-7-5-4-6-8-11/h11-12H,4-10,14H2,1-3H3/t12-/m0/s1. The van der Waals surface area contributed by atoms with Gasteiger partial charge in [0.15, 0.2) is 8.32 Å². The molecule has 0 radical (unpaired) electrons. The lowest BCUT2D eigenvalue weighted by atomic mass is 9.85. The molecule has 0 heterocycles. The van der Waals surface area contributed by atoms with Gasteiger partial charge in [-0.2, -0.15) is 5.90 Å². The van der Waals surface area contributed by atoms with Crippen LogP contribution in [0.3, 0.4) is 0 Å². The minimum absolute atomic E-state index is 0.423. The second-order valence-corrected chi connectivity index (χ2v) is 10.7. The van der Waals surface area contributed by atoms with Gasteiger partial charge in [0.1, 0.15) is 6.10 Å². The van der Waals surface area contributed by atoms with Gasteiger partial charge in [-0.05, 0) is 38.4 Å². The fourth-order valence-corrected chi connectivity index (χ4v) is 3.66. The number of carbonyl (C=O) groups is 1. The van der Waals surface area contributed by atoms with Crippen LogP contribution in [0.15, 0.2) is 0 Å². The molecule has 0 aromatic heterocycles. The van der Waals surface area contributed by atoms with Gasteiger partial charge >= 0.3 is 5.97 Å². The van der Waals surface area contributed by atoms with E-state index in [-0.39, 0.29) is 0 Å². The Labute approximate surface area is 111 Å². The van der Waals surface area contributed by atoms with E-state index in [9.17, 15) is 4.79 Å². The molecule has 4 nitrogen and oxygen atoms in total. The molecular weight excluding hydrogens is 246 g/mol. The summed E-state index contributed by atoms with van der Waals surface area (Å²) in [5.74, 6) is 5.31. The molecule has 0 aliphatic heterocycles. The molecule has 1 rings (SSSR count). The number of hydrogen-bond acceptors (Lipinski definition) is 4. The molecule has 0 aromatic carbocycles. The second-order valence-electron chi connectivity index (χ2n) is 6.24. The Balaban J connectivity index is 2.42. The predicted molar refractivity (Wildman–Crippen MR) is 74.3 cm³/mol. The molecule has 1 aliphatic carbocycles. The Hall–Kier alpha value is -0.393. The van der Waals surface area contributed by atoms with E-state index in [2.05, 4.69) is 24.5 Å². The van der Waals surface area contributed by atoms with Crippen molar-refractivity contribution in [2.24, 2.45) is 11.8 Å². The minimum atomic E-state index is -1.74. The normalized spacial score (nSPS) is 19.6. The first-order chi connectivity index (χ1) is 8.42. The van der Waals surface area contributed by atoms with Crippen molar-refractivity contribution in [3.05, 3.63) is 0 Å². The first kappa shape index (κ1) is 15.7. The van der Waals surface area contributed by atoms with E-state index in [1.165, 1.54) is 32.1 Å². The summed E-state index contributed by atoms with van der Waals surface area (Å²) in [6.45, 7) is 6.22. The van der Waals surface area contributed by atoms with E-state index in [4.69, 9.17) is 10.3 Å². The molecule has 1 saturated carbocycles. The van der Waals surface area contributed by atoms with Crippen molar-refractivity contribution in [3.63, 3.8) is 0 Å². The Morgan fingerprint density at radius 2 is 1.89 bits per heavy atom. The maximum Gasteiger partial charge on any atom is 0.352 e. The topological polar surface area (TPSA) is 61.5 Å². The van der Waals surface area contributed by atoms with E-state index >= 15 is 0 Å². The van der Waals surface area contributed by atoms with Gasteiger partial charge in [-0.3, -0.25) is 0 Å². The zero-order valence-corrected chi connectivity index (χ0v) is 12.9. The second kappa shape index (κ2) is 7.26. The number of nitrogens with two attached hydrogens (primary N) is 1. The van der Waals surface area contributed by atoms with Crippen molar-refractivity contribution in [3.8, 4) is 0 Å². The molecule has 0 bridgehead atoms. The summed E-state index contributed by atoms with van der Waals surface area (Å²) in [5.41, 5.74) is 0. The van der Waals surface area contributed by atoms with Crippen LogP contribution in [-0.4, -0.2) is 20.4 Å². The molecule has 0 spiro atoms. The highest BCUT2D eigenvalue weighted by atomic mass is 28.4. The molecule has 0 unspecified atom stereocenters. The lowest BCUT2D eigenvalue weighted by molar-refractivity contribution is -0.153. The summed E-state index contributed by atoms with van der Waals surface area (Å²) in [4.78, 5) is 16.0. The minimum Gasteiger partial charge on any atom is -0.404 e. The maximum absolute atomic E-state index is 11.6. The summed E-state index contributed by atoms with van der Waals surface area (Å²) in [6, 6.07) is 0. The van der Waals surface area contributed by atoms with E-state index in [0.717, 1.165) is 18.8 Å². The van der Waals surface area contributed by atoms with Crippen LogP contribution in [0.2, 0.25) is 19.6 Å². The van der Waals surface area contributed by atoms with Crippen molar-refractivity contribution < 1.29 is 14.1 Å². The molecule has 106 valence electrons. The Kier molecular flexibility index (Phi) is 6.32. The van der Waals surface area contributed by atoms with Crippen LogP contribution in [0.1, 0.15) is 44.9 Å². The van der Waals surface area contributed by atoms with Gasteiger partial charge in [-0.1, -0.05) is 32.1 Å². The lowest BCUT2D eigenvalue weighted by Crippen LogP contribution is -2.38. The molecule has 1 atom stereocenters. The zero-order valence-electron chi connectivity index (χ0n) is 11.9. The van der Waals surface area contributed by atoms with Gasteiger partial charge in [-0.15, -0.1) is 0 Å². The predicted octanol–water partition coefficient (Wildman–Crippen LogP) is 2.98. The first-order valence-corrected chi connectivity index (χ1v) is 10.4. The van der Waals surface area contributed by atoms with Crippen LogP contribution in [0.4, 0.5) is 0 Å². The molecule has 0 saturated heterocycles. The molecule has 0 amide bonds. The third kappa shape index (κ3) is 5.98. The van der Waals surface area contributed by atoms with Crippen molar-refractivity contribution in [1.82, 2.24) is 0 Å². The van der Waals surface area contributed by atoms with Crippen LogP contribution >= 0.6 is 0 Å². The van der Waals surface area contributed by atoms with E-state index < -0.39 is 20.4 Å². The average molecular weight is 273 g/mol. The average Bonchev–Trinajstić information content (AvgIpc) is 2.33. The third-order valence-electron chi connectivity index (χ3n) is 3.44. The highest BCUT2D eigenvalue weighted by Crippen LogP contribution is 2.28. The van der Waals surface area contributed by atoms with E-state index in [0.29, 0.717) is 0 Å². The number of rotatable bonds is 6. The van der Waals surface area contributed by atoms with Crippen molar-refractivity contribution in [2.45, 2.75) is 70.7 Å². The van der Waals surface area contributed by atoms with Crippen LogP contribution in [0.25, 0.3) is 0 Å². The largest absolute Gasteiger partial charge is 0.404 e. The van der Waals surface area contributed by atoms with E-state index in [1.54, 1.807) is 0 Å². The lowest BCUT2D eigenvalue weighted by Gasteiger charge is -2.27. The molecule has 1 fully saturated rings. The first-order valence-electron chi connectivity index (χ1n) is 7.01. The molecule has 0 aromatic rings. The third-order valence-corrected chi connectivity index (χ3v) is 4.43. The quantitative estimate of drug-likeness (QED) is 0.597. The molecular formula is C13H27NO3Si. The highest BCUT2D eigenvalue weighted by Gasteiger charge is 2.28. The van der Waals surface area contributed by atoms with Crippen LogP contribution in [-0.2, 0) is 14.1 Å². The van der Waals surface area contributed by atoms with Gasteiger partial charge in [0, 0.05) is 0 Å². The Morgan fingerprint density at radius 3 is 2.39 bits per heavy atom. The summed E-state index contributed by atoms with van der Waals surface area (Å²) in [5, 5.41) is 0. The summed E-state index contributed by atoms with van der Waals surface area (Å²) in [7, 11) is -1.74. The van der Waals surface area contributed by atoms with Crippen LogP contribution in [0.5, 0.6) is 0 Å². The van der Waals surface area contributed by atoms with Crippen LogP contribution in [0, 0.1) is 5.92 Å². The Morgan fingerprint density at radius 1 is 1.28 bits per heavy atom.